The van der Waals surface area contributed by atoms with Crippen LogP contribution in [0.3, 0.4) is 0 Å². The average molecular weight is 775 g/mol. The van der Waals surface area contributed by atoms with E-state index in [1.165, 1.54) is 0 Å². The number of hydrogen-bond acceptors (Lipinski definition) is 14. The highest BCUT2D eigenvalue weighted by Gasteiger charge is 2.44. The number of ether oxygens (including phenoxy) is 2. The Balaban J connectivity index is 0.933. The smallest absolute Gasteiger partial charge is 0.302 e. The number of anilines is 2. The van der Waals surface area contributed by atoms with Crippen LogP contribution in [-0.2, 0) is 9.59 Å². The van der Waals surface area contributed by atoms with Crippen LogP contribution in [0.4, 0.5) is 12.0 Å². The van der Waals surface area contributed by atoms with Crippen molar-refractivity contribution < 1.29 is 27.9 Å². The molecule has 290 valence electrons. The van der Waals surface area contributed by atoms with Gasteiger partial charge < -0.3 is 18.3 Å². The van der Waals surface area contributed by atoms with Crippen molar-refractivity contribution in [1.29, 1.82) is 0 Å². The highest BCUT2D eigenvalue weighted by Crippen LogP contribution is 2.44. The SMILES string of the molecule is COc1cccc(C2N=C(Nc3nc4ccccc4o3)N=C3CCC(c4ccc5oc(NC6=NC(c7ccccc7OC)C7C(=O)CCCC7=N6)nc5c4)C(=O)C32)c1. The van der Waals surface area contributed by atoms with Gasteiger partial charge in [0.05, 0.1) is 38.1 Å². The monoisotopic (exact) mass is 774 g/mol. The van der Waals surface area contributed by atoms with Gasteiger partial charge in [-0.15, -0.1) is 0 Å². The third kappa shape index (κ3) is 6.39. The number of nitrogens with one attached hydrogen (secondary N) is 2. The fourth-order valence-corrected chi connectivity index (χ4v) is 8.64. The predicted molar refractivity (Wildman–Crippen MR) is 219 cm³/mol. The molecule has 0 spiro atoms. The fourth-order valence-electron chi connectivity index (χ4n) is 8.64. The van der Waals surface area contributed by atoms with Crippen LogP contribution in [0.5, 0.6) is 11.5 Å². The number of benzene rings is 4. The molecule has 2 fully saturated rings. The van der Waals surface area contributed by atoms with E-state index in [0.29, 0.717) is 71.3 Å². The van der Waals surface area contributed by atoms with E-state index in [9.17, 15) is 9.59 Å². The minimum atomic E-state index is -0.597. The molecule has 4 aromatic carbocycles. The van der Waals surface area contributed by atoms with Crippen molar-refractivity contribution in [2.45, 2.75) is 50.1 Å². The average Bonchev–Trinajstić information content (AvgIpc) is 3.85. The van der Waals surface area contributed by atoms with E-state index >= 15 is 0 Å². The van der Waals surface area contributed by atoms with E-state index in [-0.39, 0.29) is 23.6 Å². The fraction of sp³-hybridized carbons (Fsp3) is 0.273. The zero-order valence-electron chi connectivity index (χ0n) is 31.7. The number of Topliss-reactive ketones (excluding diaryl/α,β-unsaturated/α-hetero) is 2. The Hall–Kier alpha value is -6.96. The summed E-state index contributed by atoms with van der Waals surface area (Å²) in [6, 6.07) is 27.8. The van der Waals surface area contributed by atoms with Gasteiger partial charge in [-0.05, 0) is 79.3 Å². The molecule has 2 aromatic heterocycles. The summed E-state index contributed by atoms with van der Waals surface area (Å²) >= 11 is 0. The summed E-state index contributed by atoms with van der Waals surface area (Å²) in [7, 11) is 3.23. The molecule has 14 nitrogen and oxygen atoms in total. The van der Waals surface area contributed by atoms with Gasteiger partial charge in [-0.2, -0.15) is 9.97 Å². The number of carbonyl (C=O) groups excluding carboxylic acids is 2. The normalized spacial score (nSPS) is 23.0. The Bertz CT molecular complexity index is 2710. The maximum atomic E-state index is 14.7. The number of carbonyl (C=O) groups is 2. The summed E-state index contributed by atoms with van der Waals surface area (Å²) in [5.74, 6) is 0.642. The molecule has 0 amide bonds. The lowest BCUT2D eigenvalue weighted by Gasteiger charge is -2.35. The second-order valence-electron chi connectivity index (χ2n) is 14.8. The molecule has 10 rings (SSSR count). The van der Waals surface area contributed by atoms with Crippen molar-refractivity contribution >= 4 is 69.1 Å². The third-order valence-electron chi connectivity index (χ3n) is 11.4. The van der Waals surface area contributed by atoms with E-state index in [1.54, 1.807) is 14.2 Å². The summed E-state index contributed by atoms with van der Waals surface area (Å²) in [4.78, 5) is 56.7. The first-order chi connectivity index (χ1) is 28.4. The van der Waals surface area contributed by atoms with Crippen LogP contribution in [0.15, 0.2) is 120 Å². The van der Waals surface area contributed by atoms with Crippen molar-refractivity contribution in [2.24, 2.45) is 31.8 Å². The van der Waals surface area contributed by atoms with Crippen LogP contribution in [0.1, 0.15) is 66.8 Å². The standard InChI is InChI=1S/C44H38N8O6/c1-55-25-10-7-9-24(21-25)38-37-30(46-41(49-38)51-43-47-28-12-4-6-16-34(28)57-43)19-18-26(40(37)54)23-17-20-35-31(22-23)48-44(58-35)52-42-45-29-13-8-14-32(53)36(29)39(50-42)27-11-3-5-15-33(27)56-2/h3-7,9-12,15-17,20-22,26,36-39H,8,13-14,18-19H2,1-2H3,(H,47,49,51)(H,48,50,52). The van der Waals surface area contributed by atoms with Crippen molar-refractivity contribution in [1.82, 2.24) is 9.97 Å². The predicted octanol–water partition coefficient (Wildman–Crippen LogP) is 8.05. The summed E-state index contributed by atoms with van der Waals surface area (Å²) < 4.78 is 23.2. The summed E-state index contributed by atoms with van der Waals surface area (Å²) in [6.07, 6.45) is 3.07. The number of fused-ring (bicyclic) bond motifs is 4. The third-order valence-corrected chi connectivity index (χ3v) is 11.4. The Labute approximate surface area is 332 Å². The molecule has 2 N–H and O–H groups in total. The molecule has 0 saturated heterocycles. The molecule has 5 unspecified atom stereocenters. The van der Waals surface area contributed by atoms with Gasteiger partial charge in [-0.1, -0.05) is 48.5 Å². The number of nitrogens with zero attached hydrogens (tertiary/aromatic N) is 6. The van der Waals surface area contributed by atoms with Crippen molar-refractivity contribution in [3.63, 3.8) is 0 Å². The highest BCUT2D eigenvalue weighted by molar-refractivity contribution is 6.17. The van der Waals surface area contributed by atoms with Crippen molar-refractivity contribution in [2.75, 3.05) is 24.9 Å². The van der Waals surface area contributed by atoms with Gasteiger partial charge >= 0.3 is 12.0 Å². The Morgan fingerprint density at radius 3 is 2.17 bits per heavy atom. The number of aromatic nitrogens is 2. The topological polar surface area (TPSA) is 178 Å². The van der Waals surface area contributed by atoms with Crippen LogP contribution in [-0.4, -0.2) is 59.1 Å². The maximum Gasteiger partial charge on any atom is 0.302 e. The maximum absolute atomic E-state index is 14.7. The molecular formula is C44H38N8O6. The van der Waals surface area contributed by atoms with Gasteiger partial charge in [0.2, 0.25) is 11.9 Å². The lowest BCUT2D eigenvalue weighted by molar-refractivity contribution is -0.124. The number of guanidine groups is 2. The molecule has 0 bridgehead atoms. The lowest BCUT2D eigenvalue weighted by atomic mass is 9.71. The minimum absolute atomic E-state index is 0.0232. The van der Waals surface area contributed by atoms with Gasteiger partial charge in [-0.25, -0.2) is 20.0 Å². The Kier molecular flexibility index (Phi) is 8.88. The molecule has 4 heterocycles. The Morgan fingerprint density at radius 1 is 0.655 bits per heavy atom. The molecule has 6 aromatic rings. The minimum Gasteiger partial charge on any atom is -0.497 e. The number of methoxy groups -OCH3 is 2. The van der Waals surface area contributed by atoms with Crippen molar-refractivity contribution in [3.05, 3.63) is 108 Å². The molecule has 2 aliphatic carbocycles. The van der Waals surface area contributed by atoms with E-state index in [2.05, 4.69) is 15.6 Å². The first kappa shape index (κ1) is 35.5. The van der Waals surface area contributed by atoms with Crippen LogP contribution in [0.25, 0.3) is 22.2 Å². The van der Waals surface area contributed by atoms with E-state index in [1.807, 2.05) is 91.0 Å². The van der Waals surface area contributed by atoms with E-state index in [0.717, 1.165) is 34.5 Å². The molecule has 2 aliphatic heterocycles. The van der Waals surface area contributed by atoms with E-state index in [4.69, 9.17) is 43.3 Å². The molecule has 58 heavy (non-hydrogen) atoms. The second kappa shape index (κ2) is 14.5. The van der Waals surface area contributed by atoms with Gasteiger partial charge in [-0.3, -0.25) is 20.2 Å². The van der Waals surface area contributed by atoms with Gasteiger partial charge in [0, 0.05) is 29.3 Å². The van der Waals surface area contributed by atoms with Crippen LogP contribution < -0.4 is 20.1 Å². The summed E-state index contributed by atoms with van der Waals surface area (Å²) in [5.41, 5.74) is 6.49. The molecule has 5 atom stereocenters. The lowest BCUT2D eigenvalue weighted by Crippen LogP contribution is -2.41. The number of para-hydroxylation sites is 3. The first-order valence-corrected chi connectivity index (χ1v) is 19.4. The quantitative estimate of drug-likeness (QED) is 0.161. The summed E-state index contributed by atoms with van der Waals surface area (Å²) in [6.45, 7) is 0. The highest BCUT2D eigenvalue weighted by atomic mass is 16.5. The number of ketones is 2. The number of oxazole rings is 2. The first-order valence-electron chi connectivity index (χ1n) is 19.4. The van der Waals surface area contributed by atoms with Gasteiger partial charge in [0.15, 0.2) is 16.9 Å². The molecular weight excluding hydrogens is 737 g/mol. The molecule has 14 heteroatoms. The zero-order valence-corrected chi connectivity index (χ0v) is 31.7. The second-order valence-corrected chi connectivity index (χ2v) is 14.8. The number of hydrogen-bond donors (Lipinski definition) is 2. The molecule has 4 aliphatic rings. The molecule has 2 saturated carbocycles. The largest absolute Gasteiger partial charge is 0.497 e. The van der Waals surface area contributed by atoms with Gasteiger partial charge in [0.1, 0.15) is 28.3 Å². The molecule has 0 radical (unpaired) electrons. The summed E-state index contributed by atoms with van der Waals surface area (Å²) in [5, 5.41) is 6.32. The zero-order chi connectivity index (χ0) is 39.3. The van der Waals surface area contributed by atoms with Crippen LogP contribution >= 0.6 is 0 Å². The number of rotatable bonds is 7. The van der Waals surface area contributed by atoms with Gasteiger partial charge in [0.25, 0.3) is 0 Å². The van der Waals surface area contributed by atoms with Crippen molar-refractivity contribution in [3.8, 4) is 11.5 Å². The van der Waals surface area contributed by atoms with Crippen LogP contribution in [0.2, 0.25) is 0 Å². The number of aliphatic imine (C=N–C) groups is 4. The van der Waals surface area contributed by atoms with E-state index < -0.39 is 29.8 Å². The Morgan fingerprint density at radius 2 is 1.38 bits per heavy atom. The van der Waals surface area contributed by atoms with Crippen LogP contribution in [0, 0.1) is 11.8 Å².